The summed E-state index contributed by atoms with van der Waals surface area (Å²) in [4.78, 5) is 4.40. The molecule has 0 bridgehead atoms. The first-order valence-corrected chi connectivity index (χ1v) is 7.59. The fourth-order valence-electron chi connectivity index (χ4n) is 3.33. The van der Waals surface area contributed by atoms with E-state index in [1.807, 2.05) is 12.1 Å². The van der Waals surface area contributed by atoms with Gasteiger partial charge in [0, 0.05) is 6.20 Å². The van der Waals surface area contributed by atoms with Crippen LogP contribution in [0.25, 0.3) is 0 Å². The average molecular weight is 277 g/mol. The summed E-state index contributed by atoms with van der Waals surface area (Å²) >= 11 is 0. The molecule has 1 aliphatic rings. The number of aromatic nitrogens is 1. The third-order valence-corrected chi connectivity index (χ3v) is 4.71. The maximum absolute atomic E-state index is 11.1. The highest BCUT2D eigenvalue weighted by molar-refractivity contribution is 5.31. The molecular formula is C17H27NO2. The first-order chi connectivity index (χ1) is 9.37. The normalized spacial score (nSPS) is 27.9. The van der Waals surface area contributed by atoms with E-state index in [4.69, 9.17) is 4.74 Å². The molecule has 1 N–H and O–H groups in total. The lowest BCUT2D eigenvalue weighted by atomic mass is 9.76. The van der Waals surface area contributed by atoms with E-state index in [0.29, 0.717) is 22.8 Å². The number of ether oxygens (including phenoxy) is 1. The molecule has 1 saturated carbocycles. The molecule has 1 aromatic heterocycles. The fraction of sp³-hybridized carbons (Fsp3) is 0.706. The van der Waals surface area contributed by atoms with Crippen LogP contribution in [0.15, 0.2) is 18.3 Å². The summed E-state index contributed by atoms with van der Waals surface area (Å²) in [5.74, 6) is 1.36. The maximum atomic E-state index is 11.1. The first kappa shape index (κ1) is 15.3. The highest BCUT2D eigenvalue weighted by Gasteiger charge is 2.38. The van der Waals surface area contributed by atoms with Crippen molar-refractivity contribution in [2.24, 2.45) is 11.3 Å². The number of nitrogens with zero attached hydrogens (tertiary/aromatic N) is 1. The Bertz CT molecular complexity index is 453. The van der Waals surface area contributed by atoms with Crippen LogP contribution in [0.1, 0.15) is 58.6 Å². The van der Waals surface area contributed by atoms with Crippen LogP contribution in [0.5, 0.6) is 5.75 Å². The zero-order valence-corrected chi connectivity index (χ0v) is 13.1. The predicted molar refractivity (Wildman–Crippen MR) is 80.7 cm³/mol. The number of methoxy groups -OCH3 is 1. The van der Waals surface area contributed by atoms with Gasteiger partial charge in [-0.25, -0.2) is 0 Å². The molecule has 112 valence electrons. The van der Waals surface area contributed by atoms with Gasteiger partial charge >= 0.3 is 0 Å². The van der Waals surface area contributed by atoms with E-state index >= 15 is 0 Å². The quantitative estimate of drug-likeness (QED) is 0.834. The summed E-state index contributed by atoms with van der Waals surface area (Å²) in [6, 6.07) is 3.73. The number of hydrogen-bond acceptors (Lipinski definition) is 3. The van der Waals surface area contributed by atoms with Gasteiger partial charge in [-0.2, -0.15) is 0 Å². The van der Waals surface area contributed by atoms with Crippen molar-refractivity contribution in [2.45, 2.75) is 58.5 Å². The Hall–Kier alpha value is -1.09. The summed E-state index contributed by atoms with van der Waals surface area (Å²) in [6.07, 6.45) is 6.54. The van der Waals surface area contributed by atoms with Crippen LogP contribution in [-0.2, 0) is 5.60 Å². The van der Waals surface area contributed by atoms with Crippen molar-refractivity contribution in [3.05, 3.63) is 24.0 Å². The molecule has 1 fully saturated rings. The lowest BCUT2D eigenvalue weighted by molar-refractivity contribution is 0.0114. The molecule has 3 heteroatoms. The summed E-state index contributed by atoms with van der Waals surface area (Å²) in [7, 11) is 1.64. The van der Waals surface area contributed by atoms with Crippen LogP contribution in [0.2, 0.25) is 0 Å². The average Bonchev–Trinajstić information content (AvgIpc) is 2.61. The second-order valence-corrected chi connectivity index (χ2v) is 7.08. The molecule has 20 heavy (non-hydrogen) atoms. The van der Waals surface area contributed by atoms with Crippen LogP contribution < -0.4 is 4.74 Å². The fourth-order valence-corrected chi connectivity index (χ4v) is 3.33. The highest BCUT2D eigenvalue weighted by Crippen LogP contribution is 2.44. The largest absolute Gasteiger partial charge is 0.495 e. The summed E-state index contributed by atoms with van der Waals surface area (Å²) in [5, 5.41) is 11.1. The Morgan fingerprint density at radius 1 is 1.30 bits per heavy atom. The minimum atomic E-state index is -0.841. The zero-order valence-electron chi connectivity index (χ0n) is 13.1. The summed E-state index contributed by atoms with van der Waals surface area (Å²) in [5.41, 5.74) is 0.170. The van der Waals surface area contributed by atoms with Crippen LogP contribution in [0.4, 0.5) is 0 Å². The monoisotopic (exact) mass is 277 g/mol. The first-order valence-electron chi connectivity index (χ1n) is 7.59. The van der Waals surface area contributed by atoms with Gasteiger partial charge in [0.15, 0.2) is 0 Å². The smallest absolute Gasteiger partial charge is 0.143 e. The molecule has 2 atom stereocenters. The van der Waals surface area contributed by atoms with Gasteiger partial charge in [0.2, 0.25) is 0 Å². The van der Waals surface area contributed by atoms with Crippen molar-refractivity contribution in [3.63, 3.8) is 0 Å². The minimum absolute atomic E-state index is 0.305. The van der Waals surface area contributed by atoms with Crippen LogP contribution >= 0.6 is 0 Å². The third-order valence-electron chi connectivity index (χ3n) is 4.71. The third kappa shape index (κ3) is 3.14. The van der Waals surface area contributed by atoms with Crippen molar-refractivity contribution in [2.75, 3.05) is 7.11 Å². The topological polar surface area (TPSA) is 42.4 Å². The lowest BCUT2D eigenvalue weighted by Gasteiger charge is -2.31. The molecule has 1 aliphatic carbocycles. The van der Waals surface area contributed by atoms with Gasteiger partial charge in [0.25, 0.3) is 0 Å². The Morgan fingerprint density at radius 2 is 2.05 bits per heavy atom. The van der Waals surface area contributed by atoms with Crippen molar-refractivity contribution in [1.82, 2.24) is 4.98 Å². The number of rotatable bonds is 2. The van der Waals surface area contributed by atoms with E-state index in [-0.39, 0.29) is 0 Å². The Morgan fingerprint density at radius 3 is 2.70 bits per heavy atom. The van der Waals surface area contributed by atoms with Gasteiger partial charge in [-0.3, -0.25) is 4.98 Å². The molecule has 2 rings (SSSR count). The zero-order chi connectivity index (χ0) is 14.8. The Balaban J connectivity index is 2.23. The van der Waals surface area contributed by atoms with Gasteiger partial charge in [-0.15, -0.1) is 0 Å². The van der Waals surface area contributed by atoms with E-state index in [1.165, 1.54) is 6.42 Å². The number of aliphatic hydroxyl groups is 1. The SMILES string of the molecule is COc1cccnc1C1(O)CCCC(C(C)(C)C)CC1. The van der Waals surface area contributed by atoms with E-state index in [2.05, 4.69) is 25.8 Å². The summed E-state index contributed by atoms with van der Waals surface area (Å²) in [6.45, 7) is 6.89. The number of pyridine rings is 1. The molecule has 2 unspecified atom stereocenters. The van der Waals surface area contributed by atoms with Gasteiger partial charge < -0.3 is 9.84 Å². The Kier molecular flexibility index (Phi) is 4.38. The highest BCUT2D eigenvalue weighted by atomic mass is 16.5. The van der Waals surface area contributed by atoms with Crippen molar-refractivity contribution in [1.29, 1.82) is 0 Å². The summed E-state index contributed by atoms with van der Waals surface area (Å²) < 4.78 is 5.38. The predicted octanol–water partition coefficient (Wildman–Crippen LogP) is 3.90. The Labute approximate surface area is 122 Å². The van der Waals surface area contributed by atoms with E-state index in [1.54, 1.807) is 13.3 Å². The molecule has 0 radical (unpaired) electrons. The molecule has 0 saturated heterocycles. The van der Waals surface area contributed by atoms with Crippen LogP contribution in [0, 0.1) is 11.3 Å². The van der Waals surface area contributed by atoms with E-state index in [9.17, 15) is 5.11 Å². The molecule has 1 heterocycles. The minimum Gasteiger partial charge on any atom is -0.495 e. The molecule has 0 amide bonds. The second-order valence-electron chi connectivity index (χ2n) is 7.08. The van der Waals surface area contributed by atoms with Gasteiger partial charge in [-0.05, 0) is 55.6 Å². The van der Waals surface area contributed by atoms with Crippen molar-refractivity contribution >= 4 is 0 Å². The molecule has 0 aromatic carbocycles. The van der Waals surface area contributed by atoms with E-state index < -0.39 is 5.60 Å². The molecular weight excluding hydrogens is 250 g/mol. The number of hydrogen-bond donors (Lipinski definition) is 1. The van der Waals surface area contributed by atoms with Crippen molar-refractivity contribution < 1.29 is 9.84 Å². The lowest BCUT2D eigenvalue weighted by Crippen LogP contribution is -2.27. The van der Waals surface area contributed by atoms with Gasteiger partial charge in [0.1, 0.15) is 17.0 Å². The maximum Gasteiger partial charge on any atom is 0.143 e. The van der Waals surface area contributed by atoms with Crippen molar-refractivity contribution in [3.8, 4) is 5.75 Å². The van der Waals surface area contributed by atoms with Gasteiger partial charge in [-0.1, -0.05) is 20.8 Å². The molecule has 0 spiro atoms. The van der Waals surface area contributed by atoms with E-state index in [0.717, 1.165) is 25.7 Å². The van der Waals surface area contributed by atoms with Gasteiger partial charge in [0.05, 0.1) is 7.11 Å². The second kappa shape index (κ2) is 5.72. The van der Waals surface area contributed by atoms with Crippen LogP contribution in [-0.4, -0.2) is 17.2 Å². The standard InChI is InChI=1S/C17H27NO2/c1-16(2,3)13-7-5-10-17(19,11-9-13)15-14(20-4)8-6-12-18-15/h6,8,12-13,19H,5,7,9-11H2,1-4H3. The van der Waals surface area contributed by atoms with Crippen LogP contribution in [0.3, 0.4) is 0 Å². The molecule has 3 nitrogen and oxygen atoms in total. The molecule has 1 aromatic rings. The molecule has 0 aliphatic heterocycles.